The van der Waals surface area contributed by atoms with Crippen LogP contribution in [0.5, 0.6) is 0 Å². The van der Waals surface area contributed by atoms with E-state index in [9.17, 15) is 0 Å². The Kier molecular flexibility index (Phi) is 6.08. The summed E-state index contributed by atoms with van der Waals surface area (Å²) in [5.41, 5.74) is 1.40. The molecule has 1 aromatic carbocycles. The van der Waals surface area contributed by atoms with Gasteiger partial charge in [-0.15, -0.1) is 11.3 Å². The minimum absolute atomic E-state index is 0.525. The number of methoxy groups -OCH3 is 1. The summed E-state index contributed by atoms with van der Waals surface area (Å²) in [4.78, 5) is 1.45. The van der Waals surface area contributed by atoms with Crippen LogP contribution in [0.15, 0.2) is 47.8 Å². The summed E-state index contributed by atoms with van der Waals surface area (Å²) >= 11 is 1.84. The maximum Gasteiger partial charge on any atom is 0.0587 e. The number of rotatable bonds is 8. The lowest BCUT2D eigenvalue weighted by atomic mass is 9.95. The SMILES string of the molecule is COCCNCC(Cc1cccs1)c1ccccc1. The molecule has 1 heterocycles. The van der Waals surface area contributed by atoms with Gasteiger partial charge in [0.2, 0.25) is 0 Å². The molecule has 0 amide bonds. The zero-order valence-electron chi connectivity index (χ0n) is 11.3. The van der Waals surface area contributed by atoms with E-state index in [4.69, 9.17) is 4.74 Å². The van der Waals surface area contributed by atoms with Crippen LogP contribution in [0.2, 0.25) is 0 Å². The first-order valence-corrected chi connectivity index (χ1v) is 7.55. The first-order valence-electron chi connectivity index (χ1n) is 6.67. The van der Waals surface area contributed by atoms with Gasteiger partial charge in [-0.2, -0.15) is 0 Å². The van der Waals surface area contributed by atoms with Crippen molar-refractivity contribution in [2.75, 3.05) is 26.8 Å². The molecule has 1 N–H and O–H groups in total. The fourth-order valence-corrected chi connectivity index (χ4v) is 2.94. The monoisotopic (exact) mass is 275 g/mol. The molecule has 0 aliphatic heterocycles. The molecule has 0 aliphatic carbocycles. The fourth-order valence-electron chi connectivity index (χ4n) is 2.16. The van der Waals surface area contributed by atoms with E-state index in [2.05, 4.69) is 53.2 Å². The van der Waals surface area contributed by atoms with E-state index < -0.39 is 0 Å². The Hall–Kier alpha value is -1.16. The zero-order valence-corrected chi connectivity index (χ0v) is 12.2. The quantitative estimate of drug-likeness (QED) is 0.746. The van der Waals surface area contributed by atoms with E-state index in [0.717, 1.165) is 26.1 Å². The molecule has 0 bridgehead atoms. The average molecular weight is 275 g/mol. The molecule has 0 radical (unpaired) electrons. The van der Waals surface area contributed by atoms with E-state index in [0.29, 0.717) is 5.92 Å². The fraction of sp³-hybridized carbons (Fsp3) is 0.375. The van der Waals surface area contributed by atoms with Crippen molar-refractivity contribution in [1.29, 1.82) is 0 Å². The molecule has 1 aromatic heterocycles. The molecular weight excluding hydrogens is 254 g/mol. The molecule has 2 nitrogen and oxygen atoms in total. The Balaban J connectivity index is 1.96. The van der Waals surface area contributed by atoms with Gasteiger partial charge in [0.1, 0.15) is 0 Å². The van der Waals surface area contributed by atoms with Crippen LogP contribution in [0.4, 0.5) is 0 Å². The maximum atomic E-state index is 5.07. The van der Waals surface area contributed by atoms with Crippen LogP contribution in [0, 0.1) is 0 Å². The molecule has 19 heavy (non-hydrogen) atoms. The van der Waals surface area contributed by atoms with E-state index in [-0.39, 0.29) is 0 Å². The minimum atomic E-state index is 0.525. The molecule has 102 valence electrons. The Morgan fingerprint density at radius 2 is 2.00 bits per heavy atom. The van der Waals surface area contributed by atoms with Gasteiger partial charge in [0.15, 0.2) is 0 Å². The average Bonchev–Trinajstić information content (AvgIpc) is 2.96. The number of benzene rings is 1. The molecule has 1 atom stereocenters. The second-order valence-electron chi connectivity index (χ2n) is 4.59. The highest BCUT2D eigenvalue weighted by atomic mass is 32.1. The number of nitrogens with one attached hydrogen (secondary N) is 1. The molecule has 0 saturated carbocycles. The number of ether oxygens (including phenoxy) is 1. The first-order chi connectivity index (χ1) is 9.40. The van der Waals surface area contributed by atoms with Gasteiger partial charge in [-0.05, 0) is 23.4 Å². The number of thiophene rings is 1. The summed E-state index contributed by atoms with van der Waals surface area (Å²) in [7, 11) is 1.74. The summed E-state index contributed by atoms with van der Waals surface area (Å²) in [6, 6.07) is 15.1. The third-order valence-electron chi connectivity index (χ3n) is 3.17. The Labute approximate surface area is 119 Å². The predicted octanol–water partition coefficient (Wildman–Crippen LogP) is 3.31. The zero-order chi connectivity index (χ0) is 13.3. The third kappa shape index (κ3) is 4.78. The van der Waals surface area contributed by atoms with Crippen molar-refractivity contribution in [2.45, 2.75) is 12.3 Å². The molecule has 2 rings (SSSR count). The van der Waals surface area contributed by atoms with Crippen molar-refractivity contribution in [3.8, 4) is 0 Å². The van der Waals surface area contributed by atoms with E-state index in [1.54, 1.807) is 7.11 Å². The maximum absolute atomic E-state index is 5.07. The van der Waals surface area contributed by atoms with Gasteiger partial charge in [0, 0.05) is 31.0 Å². The van der Waals surface area contributed by atoms with E-state index in [1.807, 2.05) is 11.3 Å². The van der Waals surface area contributed by atoms with Crippen LogP contribution >= 0.6 is 11.3 Å². The van der Waals surface area contributed by atoms with Crippen molar-refractivity contribution < 1.29 is 4.74 Å². The van der Waals surface area contributed by atoms with Crippen LogP contribution < -0.4 is 5.32 Å². The molecule has 1 unspecified atom stereocenters. The largest absolute Gasteiger partial charge is 0.383 e. The van der Waals surface area contributed by atoms with Crippen molar-refractivity contribution >= 4 is 11.3 Å². The Bertz CT molecular complexity index is 441. The lowest BCUT2D eigenvalue weighted by Crippen LogP contribution is -2.26. The predicted molar refractivity (Wildman–Crippen MR) is 82.0 cm³/mol. The Morgan fingerprint density at radius 1 is 1.16 bits per heavy atom. The van der Waals surface area contributed by atoms with Crippen molar-refractivity contribution in [3.63, 3.8) is 0 Å². The topological polar surface area (TPSA) is 21.3 Å². The number of hydrogen-bond donors (Lipinski definition) is 1. The van der Waals surface area contributed by atoms with E-state index in [1.165, 1.54) is 10.4 Å². The first kappa shape index (κ1) is 14.3. The van der Waals surface area contributed by atoms with Crippen molar-refractivity contribution in [3.05, 3.63) is 58.3 Å². The normalized spacial score (nSPS) is 12.5. The van der Waals surface area contributed by atoms with Gasteiger partial charge < -0.3 is 10.1 Å². The molecule has 2 aromatic rings. The van der Waals surface area contributed by atoms with Crippen molar-refractivity contribution in [2.24, 2.45) is 0 Å². The summed E-state index contributed by atoms with van der Waals surface area (Å²) in [6.07, 6.45) is 1.10. The highest BCUT2D eigenvalue weighted by Gasteiger charge is 2.12. The standard InChI is InChI=1S/C16H21NOS/c1-18-10-9-17-13-15(12-16-8-5-11-19-16)14-6-3-2-4-7-14/h2-8,11,15,17H,9-10,12-13H2,1H3. The molecule has 3 heteroatoms. The lowest BCUT2D eigenvalue weighted by molar-refractivity contribution is 0.199. The smallest absolute Gasteiger partial charge is 0.0587 e. The molecule has 0 fully saturated rings. The van der Waals surface area contributed by atoms with Gasteiger partial charge in [-0.3, -0.25) is 0 Å². The molecule has 0 saturated heterocycles. The molecular formula is C16H21NOS. The van der Waals surface area contributed by atoms with Gasteiger partial charge >= 0.3 is 0 Å². The van der Waals surface area contributed by atoms with Crippen LogP contribution in [0.25, 0.3) is 0 Å². The van der Waals surface area contributed by atoms with Gasteiger partial charge in [0.05, 0.1) is 6.61 Å². The summed E-state index contributed by atoms with van der Waals surface area (Å²) < 4.78 is 5.07. The van der Waals surface area contributed by atoms with Crippen LogP contribution in [-0.2, 0) is 11.2 Å². The highest BCUT2D eigenvalue weighted by Crippen LogP contribution is 2.22. The highest BCUT2D eigenvalue weighted by molar-refractivity contribution is 7.09. The van der Waals surface area contributed by atoms with Crippen LogP contribution in [0.3, 0.4) is 0 Å². The lowest BCUT2D eigenvalue weighted by Gasteiger charge is -2.17. The summed E-state index contributed by atoms with van der Waals surface area (Å²) in [5.74, 6) is 0.525. The van der Waals surface area contributed by atoms with Gasteiger partial charge in [-0.1, -0.05) is 36.4 Å². The van der Waals surface area contributed by atoms with Crippen LogP contribution in [-0.4, -0.2) is 26.8 Å². The minimum Gasteiger partial charge on any atom is -0.383 e. The number of hydrogen-bond acceptors (Lipinski definition) is 3. The van der Waals surface area contributed by atoms with Gasteiger partial charge in [-0.25, -0.2) is 0 Å². The second kappa shape index (κ2) is 8.10. The summed E-state index contributed by atoms with van der Waals surface area (Å²) in [6.45, 7) is 2.66. The van der Waals surface area contributed by atoms with E-state index >= 15 is 0 Å². The van der Waals surface area contributed by atoms with Crippen LogP contribution in [0.1, 0.15) is 16.4 Å². The Morgan fingerprint density at radius 3 is 2.68 bits per heavy atom. The molecule has 0 spiro atoms. The third-order valence-corrected chi connectivity index (χ3v) is 4.07. The summed E-state index contributed by atoms with van der Waals surface area (Å²) in [5, 5.41) is 5.63. The second-order valence-corrected chi connectivity index (χ2v) is 5.62. The van der Waals surface area contributed by atoms with Gasteiger partial charge in [0.25, 0.3) is 0 Å². The molecule has 0 aliphatic rings. The van der Waals surface area contributed by atoms with Crippen molar-refractivity contribution in [1.82, 2.24) is 5.32 Å².